The van der Waals surface area contributed by atoms with E-state index in [-0.39, 0.29) is 29.3 Å². The molecule has 0 aromatic heterocycles. The Hall–Kier alpha value is -2.43. The zero-order valence-electron chi connectivity index (χ0n) is 9.71. The van der Waals surface area contributed by atoms with Gasteiger partial charge in [-0.3, -0.25) is 9.59 Å². The van der Waals surface area contributed by atoms with E-state index >= 15 is 0 Å². The van der Waals surface area contributed by atoms with E-state index in [4.69, 9.17) is 5.11 Å². The lowest BCUT2D eigenvalue weighted by molar-refractivity contribution is -0.115. The Morgan fingerprint density at radius 3 is 2.39 bits per heavy atom. The van der Waals surface area contributed by atoms with Crippen LogP contribution in [0, 0.1) is 0 Å². The third-order valence-corrected chi connectivity index (χ3v) is 2.17. The van der Waals surface area contributed by atoms with E-state index in [1.54, 1.807) is 0 Å². The quantitative estimate of drug-likeness (QED) is 0.767. The lowest BCUT2D eigenvalue weighted by atomic mass is 10.1. The SMILES string of the molecule is CC(=O)/C=C/C(=O)Cc1ccc(C(=O)O)c(O)c1. The minimum atomic E-state index is -1.23. The molecule has 0 saturated heterocycles. The first-order valence-electron chi connectivity index (χ1n) is 5.17. The van der Waals surface area contributed by atoms with E-state index < -0.39 is 5.97 Å². The topological polar surface area (TPSA) is 91.7 Å². The molecular formula is C13H12O5. The van der Waals surface area contributed by atoms with Gasteiger partial charge in [0.25, 0.3) is 0 Å². The Bertz CT molecular complexity index is 528. The first-order chi connectivity index (χ1) is 8.40. The maximum absolute atomic E-state index is 11.4. The van der Waals surface area contributed by atoms with Crippen LogP contribution in [0.5, 0.6) is 5.75 Å². The Balaban J connectivity index is 2.81. The van der Waals surface area contributed by atoms with Gasteiger partial charge >= 0.3 is 5.97 Å². The Morgan fingerprint density at radius 1 is 1.22 bits per heavy atom. The highest BCUT2D eigenvalue weighted by molar-refractivity contribution is 5.98. The average Bonchev–Trinajstić information content (AvgIpc) is 2.26. The van der Waals surface area contributed by atoms with E-state index in [0.29, 0.717) is 5.56 Å². The molecule has 0 aliphatic heterocycles. The summed E-state index contributed by atoms with van der Waals surface area (Å²) in [5.74, 6) is -2.15. The average molecular weight is 248 g/mol. The normalized spacial score (nSPS) is 10.5. The number of aromatic carboxylic acids is 1. The third-order valence-electron chi connectivity index (χ3n) is 2.17. The molecule has 0 aliphatic carbocycles. The van der Waals surface area contributed by atoms with Gasteiger partial charge in [-0.25, -0.2) is 4.79 Å². The summed E-state index contributed by atoms with van der Waals surface area (Å²) in [6.45, 7) is 1.33. The number of hydrogen-bond acceptors (Lipinski definition) is 4. The summed E-state index contributed by atoms with van der Waals surface area (Å²) in [6.07, 6.45) is 2.32. The number of benzene rings is 1. The van der Waals surface area contributed by atoms with Crippen LogP contribution >= 0.6 is 0 Å². The Kier molecular flexibility index (Phi) is 4.37. The molecule has 0 saturated carbocycles. The van der Waals surface area contributed by atoms with Gasteiger partial charge in [0.05, 0.1) is 0 Å². The summed E-state index contributed by atoms with van der Waals surface area (Å²) in [4.78, 5) is 32.7. The molecule has 0 radical (unpaired) electrons. The number of phenols is 1. The van der Waals surface area contributed by atoms with Gasteiger partial charge in [-0.15, -0.1) is 0 Å². The molecule has 0 amide bonds. The van der Waals surface area contributed by atoms with Crippen LogP contribution in [-0.2, 0) is 16.0 Å². The molecule has 0 spiro atoms. The van der Waals surface area contributed by atoms with Crippen molar-refractivity contribution in [1.29, 1.82) is 0 Å². The number of carboxylic acids is 1. The van der Waals surface area contributed by atoms with Gasteiger partial charge in [0.1, 0.15) is 11.3 Å². The molecule has 5 nitrogen and oxygen atoms in total. The molecule has 0 aliphatic rings. The molecule has 0 fully saturated rings. The number of aromatic hydroxyl groups is 1. The molecule has 2 N–H and O–H groups in total. The second-order valence-corrected chi connectivity index (χ2v) is 3.74. The van der Waals surface area contributed by atoms with Gasteiger partial charge in [-0.05, 0) is 36.8 Å². The summed E-state index contributed by atoms with van der Waals surface area (Å²) >= 11 is 0. The second-order valence-electron chi connectivity index (χ2n) is 3.74. The van der Waals surface area contributed by atoms with E-state index in [9.17, 15) is 19.5 Å². The highest BCUT2D eigenvalue weighted by atomic mass is 16.4. The summed E-state index contributed by atoms with van der Waals surface area (Å²) in [6, 6.07) is 3.90. The van der Waals surface area contributed by atoms with Crippen LogP contribution in [0.3, 0.4) is 0 Å². The van der Waals surface area contributed by atoms with Crippen molar-refractivity contribution in [2.75, 3.05) is 0 Å². The number of carbonyl (C=O) groups is 3. The molecule has 94 valence electrons. The zero-order valence-corrected chi connectivity index (χ0v) is 9.71. The van der Waals surface area contributed by atoms with Crippen LogP contribution < -0.4 is 0 Å². The van der Waals surface area contributed by atoms with Gasteiger partial charge in [0.15, 0.2) is 11.6 Å². The van der Waals surface area contributed by atoms with E-state index in [2.05, 4.69) is 0 Å². The first-order valence-corrected chi connectivity index (χ1v) is 5.17. The molecular weight excluding hydrogens is 236 g/mol. The fourth-order valence-electron chi connectivity index (χ4n) is 1.34. The maximum Gasteiger partial charge on any atom is 0.339 e. The van der Waals surface area contributed by atoms with E-state index in [1.165, 1.54) is 25.1 Å². The summed E-state index contributed by atoms with van der Waals surface area (Å²) < 4.78 is 0. The third kappa shape index (κ3) is 3.86. The molecule has 1 rings (SSSR count). The number of rotatable bonds is 5. The summed E-state index contributed by atoms with van der Waals surface area (Å²) in [5.41, 5.74) is 0.265. The molecule has 0 atom stereocenters. The second kappa shape index (κ2) is 5.77. The number of carbonyl (C=O) groups excluding carboxylic acids is 2. The van der Waals surface area contributed by atoms with Crippen molar-refractivity contribution in [3.05, 3.63) is 41.5 Å². The number of hydrogen-bond donors (Lipinski definition) is 2. The standard InChI is InChI=1S/C13H12O5/c1-8(14)2-4-10(15)6-9-3-5-11(13(17)18)12(16)7-9/h2-5,7,16H,6H2,1H3,(H,17,18)/b4-2+. The van der Waals surface area contributed by atoms with Crippen molar-refractivity contribution in [1.82, 2.24) is 0 Å². The van der Waals surface area contributed by atoms with Crippen LogP contribution in [0.15, 0.2) is 30.4 Å². The van der Waals surface area contributed by atoms with Gasteiger partial charge < -0.3 is 10.2 Å². The monoisotopic (exact) mass is 248 g/mol. The molecule has 1 aromatic carbocycles. The predicted molar refractivity (Wildman–Crippen MR) is 63.6 cm³/mol. The molecule has 18 heavy (non-hydrogen) atoms. The van der Waals surface area contributed by atoms with Crippen LogP contribution in [0.25, 0.3) is 0 Å². The van der Waals surface area contributed by atoms with Crippen LogP contribution in [0.4, 0.5) is 0 Å². The molecule has 0 unspecified atom stereocenters. The van der Waals surface area contributed by atoms with Crippen molar-refractivity contribution >= 4 is 17.5 Å². The molecule has 0 bridgehead atoms. The van der Waals surface area contributed by atoms with Gasteiger partial charge in [0.2, 0.25) is 0 Å². The van der Waals surface area contributed by atoms with Crippen LogP contribution in [-0.4, -0.2) is 27.7 Å². The highest BCUT2D eigenvalue weighted by Gasteiger charge is 2.10. The maximum atomic E-state index is 11.4. The van der Waals surface area contributed by atoms with E-state index in [1.807, 2.05) is 0 Å². The molecule has 5 heteroatoms. The van der Waals surface area contributed by atoms with Crippen molar-refractivity contribution in [3.8, 4) is 5.75 Å². The molecule has 1 aromatic rings. The first kappa shape index (κ1) is 13.6. The minimum Gasteiger partial charge on any atom is -0.507 e. The number of allylic oxidation sites excluding steroid dienone is 2. The molecule has 0 heterocycles. The van der Waals surface area contributed by atoms with Crippen molar-refractivity contribution in [2.45, 2.75) is 13.3 Å². The lowest BCUT2D eigenvalue weighted by Gasteiger charge is -2.02. The van der Waals surface area contributed by atoms with E-state index in [0.717, 1.165) is 12.2 Å². The highest BCUT2D eigenvalue weighted by Crippen LogP contribution is 2.19. The smallest absolute Gasteiger partial charge is 0.339 e. The zero-order chi connectivity index (χ0) is 13.7. The fraction of sp³-hybridized carbons (Fsp3) is 0.154. The number of ketones is 2. The number of carboxylic acid groups (broad SMARTS) is 1. The van der Waals surface area contributed by atoms with Crippen LogP contribution in [0.2, 0.25) is 0 Å². The minimum absolute atomic E-state index is 0.00274. The predicted octanol–water partition coefficient (Wildman–Crippen LogP) is 1.35. The fourth-order valence-corrected chi connectivity index (χ4v) is 1.34. The summed E-state index contributed by atoms with van der Waals surface area (Å²) in [5, 5.41) is 18.1. The Morgan fingerprint density at radius 2 is 1.89 bits per heavy atom. The largest absolute Gasteiger partial charge is 0.507 e. The van der Waals surface area contributed by atoms with Crippen molar-refractivity contribution in [3.63, 3.8) is 0 Å². The van der Waals surface area contributed by atoms with Crippen molar-refractivity contribution < 1.29 is 24.6 Å². The van der Waals surface area contributed by atoms with Crippen molar-refractivity contribution in [2.24, 2.45) is 0 Å². The lowest BCUT2D eigenvalue weighted by Crippen LogP contribution is -2.01. The van der Waals surface area contributed by atoms with Gasteiger partial charge in [-0.1, -0.05) is 6.07 Å². The van der Waals surface area contributed by atoms with Gasteiger partial charge in [0, 0.05) is 6.42 Å². The van der Waals surface area contributed by atoms with Gasteiger partial charge in [-0.2, -0.15) is 0 Å². The van der Waals surface area contributed by atoms with Crippen LogP contribution in [0.1, 0.15) is 22.8 Å². The summed E-state index contributed by atoms with van der Waals surface area (Å²) in [7, 11) is 0. The Labute approximate surface area is 103 Å².